The first kappa shape index (κ1) is 11.5. The highest BCUT2D eigenvalue weighted by molar-refractivity contribution is 5.76. The second-order valence-corrected chi connectivity index (χ2v) is 5.31. The Morgan fingerprint density at radius 3 is 2.50 bits per heavy atom. The molecule has 94 valence electrons. The topological polar surface area (TPSA) is 37.8 Å². The van der Waals surface area contributed by atoms with E-state index in [1.807, 2.05) is 31.2 Å². The molecule has 18 heavy (non-hydrogen) atoms. The molecule has 3 nitrogen and oxygen atoms in total. The largest absolute Gasteiger partial charge is 0.366 e. The van der Waals surface area contributed by atoms with Gasteiger partial charge in [0.1, 0.15) is 5.82 Å². The number of anilines is 1. The first-order chi connectivity index (χ1) is 8.74. The summed E-state index contributed by atoms with van der Waals surface area (Å²) in [6.07, 6.45) is 3.88. The molecule has 0 radical (unpaired) electrons. The lowest BCUT2D eigenvalue weighted by molar-refractivity contribution is 0.554. The first-order valence-electron chi connectivity index (χ1n) is 6.74. The maximum absolute atomic E-state index is 4.70. The summed E-state index contributed by atoms with van der Waals surface area (Å²) in [5, 5.41) is 3.58. The van der Waals surface area contributed by atoms with Gasteiger partial charge in [0.05, 0.1) is 16.7 Å². The molecule has 2 unspecified atom stereocenters. The number of hydrogen-bond acceptors (Lipinski definition) is 3. The minimum Gasteiger partial charge on any atom is -0.366 e. The van der Waals surface area contributed by atoms with E-state index in [1.165, 1.54) is 19.3 Å². The fourth-order valence-electron chi connectivity index (χ4n) is 2.76. The predicted octanol–water partition coefficient (Wildman–Crippen LogP) is 3.54. The Kier molecular flexibility index (Phi) is 2.90. The second kappa shape index (κ2) is 4.56. The summed E-state index contributed by atoms with van der Waals surface area (Å²) in [4.78, 5) is 9.32. The molecule has 1 fully saturated rings. The SMILES string of the molecule is Cc1nc2ccccc2nc1NC1CCCC1C. The zero-order chi connectivity index (χ0) is 12.5. The fourth-order valence-corrected chi connectivity index (χ4v) is 2.76. The van der Waals surface area contributed by atoms with Crippen LogP contribution < -0.4 is 5.32 Å². The van der Waals surface area contributed by atoms with E-state index in [9.17, 15) is 0 Å². The molecule has 1 aliphatic rings. The summed E-state index contributed by atoms with van der Waals surface area (Å²) in [6, 6.07) is 8.60. The normalized spacial score (nSPS) is 23.4. The molecule has 1 aromatic carbocycles. The second-order valence-electron chi connectivity index (χ2n) is 5.31. The van der Waals surface area contributed by atoms with Crippen LogP contribution in [0.3, 0.4) is 0 Å². The fraction of sp³-hybridized carbons (Fsp3) is 0.467. The average molecular weight is 241 g/mol. The van der Waals surface area contributed by atoms with Crippen molar-refractivity contribution in [2.24, 2.45) is 5.92 Å². The maximum atomic E-state index is 4.70. The minimum absolute atomic E-state index is 0.555. The lowest BCUT2D eigenvalue weighted by Gasteiger charge is -2.19. The first-order valence-corrected chi connectivity index (χ1v) is 6.74. The number of para-hydroxylation sites is 2. The van der Waals surface area contributed by atoms with Gasteiger partial charge in [-0.3, -0.25) is 0 Å². The van der Waals surface area contributed by atoms with Crippen molar-refractivity contribution in [3.05, 3.63) is 30.0 Å². The van der Waals surface area contributed by atoms with Crippen molar-refractivity contribution in [1.29, 1.82) is 0 Å². The third-order valence-corrected chi connectivity index (χ3v) is 3.93. The smallest absolute Gasteiger partial charge is 0.148 e. The van der Waals surface area contributed by atoms with Crippen LogP contribution in [0, 0.1) is 12.8 Å². The third kappa shape index (κ3) is 2.05. The Bertz CT molecular complexity index is 565. The molecule has 1 saturated carbocycles. The molecule has 0 amide bonds. The van der Waals surface area contributed by atoms with E-state index in [0.29, 0.717) is 6.04 Å². The predicted molar refractivity (Wildman–Crippen MR) is 74.7 cm³/mol. The van der Waals surface area contributed by atoms with Crippen LogP contribution in [0.2, 0.25) is 0 Å². The van der Waals surface area contributed by atoms with Gasteiger partial charge in [0.25, 0.3) is 0 Å². The van der Waals surface area contributed by atoms with Crippen LogP contribution in [0.25, 0.3) is 11.0 Å². The molecular formula is C15H19N3. The van der Waals surface area contributed by atoms with Gasteiger partial charge in [0.15, 0.2) is 0 Å². The summed E-state index contributed by atoms with van der Waals surface area (Å²) in [7, 11) is 0. The van der Waals surface area contributed by atoms with Crippen molar-refractivity contribution in [2.75, 3.05) is 5.32 Å². The van der Waals surface area contributed by atoms with Crippen LogP contribution in [0.4, 0.5) is 5.82 Å². The molecule has 2 aromatic rings. The van der Waals surface area contributed by atoms with E-state index in [0.717, 1.165) is 28.5 Å². The van der Waals surface area contributed by atoms with Crippen LogP contribution in [-0.2, 0) is 0 Å². The van der Waals surface area contributed by atoms with Crippen LogP contribution >= 0.6 is 0 Å². The monoisotopic (exact) mass is 241 g/mol. The van der Waals surface area contributed by atoms with Crippen LogP contribution in [0.5, 0.6) is 0 Å². The standard InChI is InChI=1S/C15H19N3/c1-10-6-5-9-12(10)17-15-11(2)16-13-7-3-4-8-14(13)18-15/h3-4,7-8,10,12H,5-6,9H2,1-2H3,(H,17,18). The molecule has 1 heterocycles. The Balaban J connectivity index is 1.93. The zero-order valence-electron chi connectivity index (χ0n) is 11.0. The van der Waals surface area contributed by atoms with Crippen molar-refractivity contribution in [1.82, 2.24) is 9.97 Å². The molecule has 3 rings (SSSR count). The molecular weight excluding hydrogens is 222 g/mol. The molecule has 0 saturated heterocycles. The van der Waals surface area contributed by atoms with Crippen molar-refractivity contribution in [2.45, 2.75) is 39.2 Å². The van der Waals surface area contributed by atoms with Gasteiger partial charge in [-0.2, -0.15) is 0 Å². The van der Waals surface area contributed by atoms with Gasteiger partial charge in [-0.05, 0) is 37.8 Å². The Morgan fingerprint density at radius 2 is 1.83 bits per heavy atom. The van der Waals surface area contributed by atoms with E-state index in [2.05, 4.69) is 17.2 Å². The molecule has 0 spiro atoms. The summed E-state index contributed by atoms with van der Waals surface area (Å²) >= 11 is 0. The summed E-state index contributed by atoms with van der Waals surface area (Å²) in [6.45, 7) is 4.34. The van der Waals surface area contributed by atoms with Crippen molar-refractivity contribution >= 4 is 16.9 Å². The van der Waals surface area contributed by atoms with Gasteiger partial charge < -0.3 is 5.32 Å². The van der Waals surface area contributed by atoms with Crippen molar-refractivity contribution < 1.29 is 0 Å². The van der Waals surface area contributed by atoms with Crippen molar-refractivity contribution in [3.63, 3.8) is 0 Å². The number of nitrogens with zero attached hydrogens (tertiary/aromatic N) is 2. The van der Waals surface area contributed by atoms with E-state index < -0.39 is 0 Å². The number of rotatable bonds is 2. The Hall–Kier alpha value is -1.64. The van der Waals surface area contributed by atoms with E-state index in [-0.39, 0.29) is 0 Å². The average Bonchev–Trinajstić information content (AvgIpc) is 2.76. The molecule has 1 N–H and O–H groups in total. The van der Waals surface area contributed by atoms with Gasteiger partial charge >= 0.3 is 0 Å². The number of benzene rings is 1. The molecule has 3 heteroatoms. The maximum Gasteiger partial charge on any atom is 0.148 e. The zero-order valence-corrected chi connectivity index (χ0v) is 11.0. The molecule has 1 aliphatic carbocycles. The van der Waals surface area contributed by atoms with Crippen LogP contribution in [-0.4, -0.2) is 16.0 Å². The summed E-state index contributed by atoms with van der Waals surface area (Å²) < 4.78 is 0. The molecule has 0 bridgehead atoms. The highest BCUT2D eigenvalue weighted by atomic mass is 15.1. The van der Waals surface area contributed by atoms with E-state index in [1.54, 1.807) is 0 Å². The highest BCUT2D eigenvalue weighted by Gasteiger charge is 2.24. The highest BCUT2D eigenvalue weighted by Crippen LogP contribution is 2.28. The molecule has 2 atom stereocenters. The molecule has 0 aliphatic heterocycles. The Morgan fingerprint density at radius 1 is 1.11 bits per heavy atom. The lowest BCUT2D eigenvalue weighted by Crippen LogP contribution is -2.23. The third-order valence-electron chi connectivity index (χ3n) is 3.93. The molecule has 1 aromatic heterocycles. The number of aromatic nitrogens is 2. The van der Waals surface area contributed by atoms with Crippen LogP contribution in [0.15, 0.2) is 24.3 Å². The number of hydrogen-bond donors (Lipinski definition) is 1. The van der Waals surface area contributed by atoms with Gasteiger partial charge in [0, 0.05) is 6.04 Å². The van der Waals surface area contributed by atoms with E-state index in [4.69, 9.17) is 4.98 Å². The van der Waals surface area contributed by atoms with Gasteiger partial charge in [-0.25, -0.2) is 9.97 Å². The van der Waals surface area contributed by atoms with Crippen LogP contribution in [0.1, 0.15) is 31.9 Å². The van der Waals surface area contributed by atoms with Gasteiger partial charge in [-0.1, -0.05) is 25.5 Å². The van der Waals surface area contributed by atoms with Gasteiger partial charge in [0.2, 0.25) is 0 Å². The number of aryl methyl sites for hydroxylation is 1. The minimum atomic E-state index is 0.555. The summed E-state index contributed by atoms with van der Waals surface area (Å²) in [5.74, 6) is 1.69. The number of nitrogens with one attached hydrogen (secondary N) is 1. The lowest BCUT2D eigenvalue weighted by atomic mass is 10.1. The van der Waals surface area contributed by atoms with E-state index >= 15 is 0 Å². The quantitative estimate of drug-likeness (QED) is 0.874. The van der Waals surface area contributed by atoms with Crippen molar-refractivity contribution in [3.8, 4) is 0 Å². The number of fused-ring (bicyclic) bond motifs is 1. The summed E-state index contributed by atoms with van der Waals surface area (Å²) in [5.41, 5.74) is 2.93. The van der Waals surface area contributed by atoms with Gasteiger partial charge in [-0.15, -0.1) is 0 Å². The Labute approximate surface area is 108 Å².